The molecule has 1 heterocycles. The van der Waals surface area contributed by atoms with Crippen LogP contribution in [0.5, 0.6) is 0 Å². The van der Waals surface area contributed by atoms with Crippen molar-refractivity contribution < 1.29 is 9.90 Å². The van der Waals surface area contributed by atoms with Crippen LogP contribution in [0, 0.1) is 6.92 Å². The average Bonchev–Trinajstić information content (AvgIpc) is 2.69. The summed E-state index contributed by atoms with van der Waals surface area (Å²) >= 11 is 1.85. The number of nitrogens with zero attached hydrogens (tertiary/aromatic N) is 1. The molecule has 0 aliphatic heterocycles. The highest BCUT2D eigenvalue weighted by Gasteiger charge is 2.10. The minimum atomic E-state index is -0.681. The molecule has 108 valence electrons. The summed E-state index contributed by atoms with van der Waals surface area (Å²) in [6.45, 7) is 6.53. The van der Waals surface area contributed by atoms with Crippen LogP contribution in [0.3, 0.4) is 0 Å². The molecule has 0 aliphatic rings. The number of aryl methyl sites for hydroxylation is 2. The third kappa shape index (κ3) is 6.19. The van der Waals surface area contributed by atoms with Crippen LogP contribution in [0.2, 0.25) is 0 Å². The molecular weight excluding hydrogens is 258 g/mol. The minimum Gasteiger partial charge on any atom is -0.481 e. The van der Waals surface area contributed by atoms with Crippen LogP contribution in [0.25, 0.3) is 0 Å². The van der Waals surface area contributed by atoms with Gasteiger partial charge in [0.2, 0.25) is 0 Å². The van der Waals surface area contributed by atoms with Crippen LogP contribution in [-0.4, -0.2) is 16.1 Å². The lowest BCUT2D eigenvalue weighted by atomic mass is 10.1. The molecule has 0 aliphatic carbocycles. The van der Waals surface area contributed by atoms with Crippen LogP contribution >= 0.6 is 11.3 Å². The molecule has 0 unspecified atom stereocenters. The van der Waals surface area contributed by atoms with E-state index in [1.807, 2.05) is 11.3 Å². The molecule has 0 spiro atoms. The zero-order chi connectivity index (χ0) is 14.3. The fourth-order valence-electron chi connectivity index (χ4n) is 2.19. The van der Waals surface area contributed by atoms with E-state index in [4.69, 9.17) is 5.11 Å². The van der Waals surface area contributed by atoms with Crippen molar-refractivity contribution in [2.24, 2.45) is 0 Å². The van der Waals surface area contributed by atoms with Crippen molar-refractivity contribution in [1.29, 1.82) is 0 Å². The number of carboxylic acid groups (broad SMARTS) is 1. The minimum absolute atomic E-state index is 0.309. The molecular formula is C15H25NO2S. The van der Waals surface area contributed by atoms with E-state index in [1.165, 1.54) is 22.0 Å². The zero-order valence-corrected chi connectivity index (χ0v) is 13.1. The molecule has 1 N–H and O–H groups in total. The second kappa shape index (κ2) is 8.31. The van der Waals surface area contributed by atoms with E-state index in [0.717, 1.165) is 32.1 Å². The lowest BCUT2D eigenvalue weighted by Crippen LogP contribution is -1.93. The molecule has 1 rings (SSSR count). The van der Waals surface area contributed by atoms with Crippen LogP contribution in [0.15, 0.2) is 0 Å². The SMILES string of the molecule is Cc1nc(CCCCCCCC(=O)O)sc1C(C)C. The van der Waals surface area contributed by atoms with Crippen LogP contribution in [0.4, 0.5) is 0 Å². The Kier molecular flexibility index (Phi) is 7.06. The summed E-state index contributed by atoms with van der Waals surface area (Å²) in [4.78, 5) is 16.4. The maximum atomic E-state index is 10.4. The van der Waals surface area contributed by atoms with Crippen molar-refractivity contribution in [3.8, 4) is 0 Å². The number of aliphatic carboxylic acids is 1. The number of carbonyl (C=O) groups is 1. The zero-order valence-electron chi connectivity index (χ0n) is 12.2. The molecule has 4 heteroatoms. The van der Waals surface area contributed by atoms with Gasteiger partial charge in [-0.15, -0.1) is 11.3 Å². The highest BCUT2D eigenvalue weighted by atomic mass is 32.1. The highest BCUT2D eigenvalue weighted by molar-refractivity contribution is 7.11. The molecule has 1 aromatic rings. The van der Waals surface area contributed by atoms with Crippen LogP contribution < -0.4 is 0 Å². The molecule has 1 aromatic heterocycles. The Bertz CT molecular complexity index is 399. The average molecular weight is 283 g/mol. The van der Waals surface area contributed by atoms with Gasteiger partial charge in [-0.05, 0) is 32.1 Å². The number of thiazole rings is 1. The van der Waals surface area contributed by atoms with Gasteiger partial charge in [0.05, 0.1) is 10.7 Å². The lowest BCUT2D eigenvalue weighted by Gasteiger charge is -2.00. The second-order valence-electron chi connectivity index (χ2n) is 5.37. The van der Waals surface area contributed by atoms with Gasteiger partial charge in [0, 0.05) is 11.3 Å². The van der Waals surface area contributed by atoms with Gasteiger partial charge in [0.15, 0.2) is 0 Å². The summed E-state index contributed by atoms with van der Waals surface area (Å²) in [7, 11) is 0. The molecule has 0 atom stereocenters. The van der Waals surface area contributed by atoms with E-state index in [2.05, 4.69) is 25.8 Å². The maximum absolute atomic E-state index is 10.4. The molecule has 0 amide bonds. The van der Waals surface area contributed by atoms with Crippen molar-refractivity contribution >= 4 is 17.3 Å². The predicted molar refractivity (Wildman–Crippen MR) is 80.0 cm³/mol. The number of unbranched alkanes of at least 4 members (excludes halogenated alkanes) is 4. The molecule has 3 nitrogen and oxygen atoms in total. The maximum Gasteiger partial charge on any atom is 0.303 e. The van der Waals surface area contributed by atoms with Gasteiger partial charge in [-0.2, -0.15) is 0 Å². The number of carboxylic acids is 1. The third-order valence-electron chi connectivity index (χ3n) is 3.18. The van der Waals surface area contributed by atoms with E-state index < -0.39 is 5.97 Å². The smallest absolute Gasteiger partial charge is 0.303 e. The third-order valence-corrected chi connectivity index (χ3v) is 4.70. The second-order valence-corrected chi connectivity index (χ2v) is 6.49. The number of aromatic nitrogens is 1. The molecule has 19 heavy (non-hydrogen) atoms. The first-order valence-corrected chi connectivity index (χ1v) is 8.00. The van der Waals surface area contributed by atoms with Gasteiger partial charge in [-0.25, -0.2) is 4.98 Å². The Labute approximate surface area is 120 Å². The fourth-order valence-corrected chi connectivity index (χ4v) is 3.30. The van der Waals surface area contributed by atoms with Gasteiger partial charge >= 0.3 is 5.97 Å². The van der Waals surface area contributed by atoms with E-state index in [0.29, 0.717) is 12.3 Å². The summed E-state index contributed by atoms with van der Waals surface area (Å²) in [5.74, 6) is -0.109. The number of rotatable bonds is 9. The normalized spacial score (nSPS) is 11.2. The van der Waals surface area contributed by atoms with Crippen molar-refractivity contribution in [3.05, 3.63) is 15.6 Å². The van der Waals surface area contributed by atoms with Gasteiger partial charge in [0.25, 0.3) is 0 Å². The lowest BCUT2D eigenvalue weighted by molar-refractivity contribution is -0.137. The predicted octanol–water partition coefficient (Wildman–Crippen LogP) is 4.54. The van der Waals surface area contributed by atoms with Gasteiger partial charge < -0.3 is 5.11 Å². The topological polar surface area (TPSA) is 50.2 Å². The molecule has 0 fully saturated rings. The number of hydrogen-bond acceptors (Lipinski definition) is 3. The van der Waals surface area contributed by atoms with E-state index >= 15 is 0 Å². The molecule has 0 bridgehead atoms. The molecule has 0 radical (unpaired) electrons. The first kappa shape index (κ1) is 16.2. The summed E-state index contributed by atoms with van der Waals surface area (Å²) in [5, 5.41) is 9.79. The quantitative estimate of drug-likeness (QED) is 0.677. The summed E-state index contributed by atoms with van der Waals surface area (Å²) < 4.78 is 0. The highest BCUT2D eigenvalue weighted by Crippen LogP contribution is 2.27. The molecule has 0 aromatic carbocycles. The Balaban J connectivity index is 2.16. The largest absolute Gasteiger partial charge is 0.481 e. The molecule has 0 saturated carbocycles. The summed E-state index contributed by atoms with van der Waals surface area (Å²) in [6, 6.07) is 0. The van der Waals surface area contributed by atoms with Crippen molar-refractivity contribution in [3.63, 3.8) is 0 Å². The van der Waals surface area contributed by atoms with Gasteiger partial charge in [-0.1, -0.05) is 33.1 Å². The van der Waals surface area contributed by atoms with Gasteiger partial charge in [0.1, 0.15) is 0 Å². The van der Waals surface area contributed by atoms with E-state index in [-0.39, 0.29) is 0 Å². The van der Waals surface area contributed by atoms with Gasteiger partial charge in [-0.3, -0.25) is 4.79 Å². The number of hydrogen-bond donors (Lipinski definition) is 1. The van der Waals surface area contributed by atoms with Crippen molar-refractivity contribution in [2.45, 2.75) is 71.6 Å². The Morgan fingerprint density at radius 1 is 1.21 bits per heavy atom. The fraction of sp³-hybridized carbons (Fsp3) is 0.733. The van der Waals surface area contributed by atoms with Crippen LogP contribution in [-0.2, 0) is 11.2 Å². The van der Waals surface area contributed by atoms with Crippen molar-refractivity contribution in [2.75, 3.05) is 0 Å². The first-order valence-electron chi connectivity index (χ1n) is 7.18. The Morgan fingerprint density at radius 2 is 1.84 bits per heavy atom. The Morgan fingerprint density at radius 3 is 2.42 bits per heavy atom. The first-order chi connectivity index (χ1) is 9.00. The standard InChI is InChI=1S/C15H25NO2S/c1-11(2)15-12(3)16-13(19-15)9-7-5-4-6-8-10-14(17)18/h11H,4-10H2,1-3H3,(H,17,18). The molecule has 0 saturated heterocycles. The van der Waals surface area contributed by atoms with E-state index in [9.17, 15) is 4.79 Å². The monoisotopic (exact) mass is 283 g/mol. The summed E-state index contributed by atoms with van der Waals surface area (Å²) in [6.07, 6.45) is 6.69. The summed E-state index contributed by atoms with van der Waals surface area (Å²) in [5.41, 5.74) is 1.19. The Hall–Kier alpha value is -0.900. The van der Waals surface area contributed by atoms with Crippen molar-refractivity contribution in [1.82, 2.24) is 4.98 Å². The van der Waals surface area contributed by atoms with E-state index in [1.54, 1.807) is 0 Å². The van der Waals surface area contributed by atoms with Crippen LogP contribution in [0.1, 0.15) is 73.9 Å².